The van der Waals surface area contributed by atoms with E-state index in [1.807, 2.05) is 0 Å². The van der Waals surface area contributed by atoms with Gasteiger partial charge >= 0.3 is 5.97 Å². The Morgan fingerprint density at radius 3 is 2.24 bits per heavy atom. The summed E-state index contributed by atoms with van der Waals surface area (Å²) in [7, 11) is 4.34. The Morgan fingerprint density at radius 1 is 1.03 bits per heavy atom. The van der Waals surface area contributed by atoms with Crippen molar-refractivity contribution in [3.8, 4) is 11.5 Å². The molecule has 0 saturated heterocycles. The largest absolute Gasteiger partial charge is 0.497 e. The number of hydrogen-bond acceptors (Lipinski definition) is 6. The second-order valence-electron chi connectivity index (χ2n) is 5.96. The van der Waals surface area contributed by atoms with Crippen molar-refractivity contribution in [2.75, 3.05) is 39.7 Å². The molecule has 154 valence electrons. The molecule has 0 saturated carbocycles. The van der Waals surface area contributed by atoms with E-state index in [0.29, 0.717) is 22.2 Å². The predicted octanol–water partition coefficient (Wildman–Crippen LogP) is 2.61. The second kappa shape index (κ2) is 10.3. The Balaban J connectivity index is 1.89. The van der Waals surface area contributed by atoms with Crippen LogP contribution in [0.2, 0.25) is 5.02 Å². The lowest BCUT2D eigenvalue weighted by Crippen LogP contribution is -2.37. The summed E-state index contributed by atoms with van der Waals surface area (Å²) in [5, 5.41) is 3.00. The van der Waals surface area contributed by atoms with E-state index >= 15 is 0 Å². The van der Waals surface area contributed by atoms with E-state index < -0.39 is 24.4 Å². The zero-order valence-electron chi connectivity index (χ0n) is 16.2. The van der Waals surface area contributed by atoms with Crippen molar-refractivity contribution in [1.82, 2.24) is 4.90 Å². The molecule has 0 unspecified atom stereocenters. The molecule has 0 radical (unpaired) electrons. The third-order valence-corrected chi connectivity index (χ3v) is 4.20. The number of rotatable bonds is 8. The number of para-hydroxylation sites is 1. The maximum Gasteiger partial charge on any atom is 0.338 e. The molecule has 2 aromatic rings. The number of esters is 1. The van der Waals surface area contributed by atoms with Gasteiger partial charge in [0.25, 0.3) is 5.91 Å². The number of likely N-dealkylation sites (N-methyl/N-ethyl adjacent to an activating group) is 1. The number of halogens is 1. The van der Waals surface area contributed by atoms with Gasteiger partial charge in [0.15, 0.2) is 6.61 Å². The third-order valence-electron chi connectivity index (χ3n) is 3.87. The fourth-order valence-corrected chi connectivity index (χ4v) is 2.48. The van der Waals surface area contributed by atoms with Gasteiger partial charge in [-0.15, -0.1) is 0 Å². The van der Waals surface area contributed by atoms with Crippen LogP contribution in [-0.4, -0.2) is 57.1 Å². The molecule has 0 heterocycles. The number of hydrogen-bond donors (Lipinski definition) is 1. The zero-order chi connectivity index (χ0) is 21.4. The number of carbonyl (C=O) groups is 3. The molecule has 0 aromatic heterocycles. The minimum atomic E-state index is -0.718. The fourth-order valence-electron chi connectivity index (χ4n) is 2.30. The molecule has 2 aromatic carbocycles. The molecule has 8 nitrogen and oxygen atoms in total. The van der Waals surface area contributed by atoms with E-state index in [1.54, 1.807) is 30.3 Å². The van der Waals surface area contributed by atoms with Gasteiger partial charge in [0.2, 0.25) is 5.91 Å². The Hall–Kier alpha value is -3.26. The topological polar surface area (TPSA) is 94.2 Å². The maximum absolute atomic E-state index is 12.2. The predicted molar refractivity (Wildman–Crippen MR) is 108 cm³/mol. The van der Waals surface area contributed by atoms with E-state index in [-0.39, 0.29) is 12.1 Å². The zero-order valence-corrected chi connectivity index (χ0v) is 17.0. The van der Waals surface area contributed by atoms with Crippen molar-refractivity contribution in [3.05, 3.63) is 53.1 Å². The molecular formula is C20H21ClN2O6. The molecule has 1 N–H and O–H groups in total. The number of nitrogens with zero attached hydrogens (tertiary/aromatic N) is 1. The third kappa shape index (κ3) is 6.39. The van der Waals surface area contributed by atoms with Crippen LogP contribution in [-0.2, 0) is 14.3 Å². The van der Waals surface area contributed by atoms with Gasteiger partial charge in [-0.25, -0.2) is 4.79 Å². The summed E-state index contributed by atoms with van der Waals surface area (Å²) in [6, 6.07) is 11.3. The van der Waals surface area contributed by atoms with Crippen LogP contribution < -0.4 is 14.8 Å². The summed E-state index contributed by atoms with van der Waals surface area (Å²) in [6.07, 6.45) is 0. The molecule has 2 rings (SSSR count). The highest BCUT2D eigenvalue weighted by atomic mass is 35.5. The smallest absolute Gasteiger partial charge is 0.338 e. The minimum Gasteiger partial charge on any atom is -0.497 e. The molecule has 2 amide bonds. The first-order valence-electron chi connectivity index (χ1n) is 8.52. The molecule has 0 bridgehead atoms. The number of amides is 2. The summed E-state index contributed by atoms with van der Waals surface area (Å²) in [6.45, 7) is -0.747. The van der Waals surface area contributed by atoms with Crippen molar-refractivity contribution in [3.63, 3.8) is 0 Å². The summed E-state index contributed by atoms with van der Waals surface area (Å²) in [5.74, 6) is -0.864. The van der Waals surface area contributed by atoms with E-state index in [9.17, 15) is 14.4 Å². The quantitative estimate of drug-likeness (QED) is 0.660. The Labute approximate surface area is 173 Å². The van der Waals surface area contributed by atoms with E-state index in [2.05, 4.69) is 5.32 Å². The molecule has 0 aliphatic rings. The highest BCUT2D eigenvalue weighted by Crippen LogP contribution is 2.23. The molecule has 0 aliphatic carbocycles. The number of carbonyl (C=O) groups excluding carboxylic acids is 3. The highest BCUT2D eigenvalue weighted by molar-refractivity contribution is 6.33. The van der Waals surface area contributed by atoms with E-state index in [1.165, 1.54) is 33.4 Å². The molecular weight excluding hydrogens is 400 g/mol. The van der Waals surface area contributed by atoms with Crippen molar-refractivity contribution >= 4 is 35.1 Å². The van der Waals surface area contributed by atoms with Gasteiger partial charge in [0.05, 0.1) is 37.0 Å². The van der Waals surface area contributed by atoms with Crippen LogP contribution in [0.1, 0.15) is 10.4 Å². The number of nitrogens with one attached hydrogen (secondary N) is 1. The normalized spacial score (nSPS) is 10.1. The molecule has 0 fully saturated rings. The lowest BCUT2D eigenvalue weighted by molar-refractivity contribution is -0.136. The van der Waals surface area contributed by atoms with Crippen LogP contribution in [0.5, 0.6) is 11.5 Å². The van der Waals surface area contributed by atoms with Crippen molar-refractivity contribution in [2.24, 2.45) is 0 Å². The number of benzene rings is 2. The number of methoxy groups -OCH3 is 2. The molecule has 0 atom stereocenters. The lowest BCUT2D eigenvalue weighted by atomic mass is 10.2. The summed E-state index contributed by atoms with van der Waals surface area (Å²) in [5.41, 5.74) is 0.617. The Bertz CT molecular complexity index is 880. The summed E-state index contributed by atoms with van der Waals surface area (Å²) in [4.78, 5) is 37.6. The van der Waals surface area contributed by atoms with E-state index in [4.69, 9.17) is 25.8 Å². The van der Waals surface area contributed by atoms with Gasteiger partial charge in [-0.3, -0.25) is 9.59 Å². The first kappa shape index (κ1) is 22.0. The van der Waals surface area contributed by atoms with Gasteiger partial charge in [-0.05, 0) is 24.3 Å². The monoisotopic (exact) mass is 420 g/mol. The van der Waals surface area contributed by atoms with Crippen molar-refractivity contribution in [2.45, 2.75) is 0 Å². The van der Waals surface area contributed by atoms with Crippen molar-refractivity contribution < 1.29 is 28.6 Å². The van der Waals surface area contributed by atoms with E-state index in [0.717, 1.165) is 4.90 Å². The fraction of sp³-hybridized carbons (Fsp3) is 0.250. The van der Waals surface area contributed by atoms with Crippen LogP contribution in [0.25, 0.3) is 0 Å². The average Bonchev–Trinajstić information content (AvgIpc) is 2.72. The molecule has 29 heavy (non-hydrogen) atoms. The summed E-state index contributed by atoms with van der Waals surface area (Å²) < 4.78 is 15.2. The van der Waals surface area contributed by atoms with Gasteiger partial charge in [-0.2, -0.15) is 0 Å². The summed E-state index contributed by atoms with van der Waals surface area (Å²) >= 11 is 5.98. The number of ether oxygens (including phenoxy) is 3. The Kier molecular flexibility index (Phi) is 7.85. The van der Waals surface area contributed by atoms with Gasteiger partial charge in [-0.1, -0.05) is 23.7 Å². The van der Waals surface area contributed by atoms with Crippen molar-refractivity contribution in [1.29, 1.82) is 0 Å². The van der Waals surface area contributed by atoms with Crippen LogP contribution in [0, 0.1) is 0 Å². The minimum absolute atomic E-state index is 0.174. The lowest BCUT2D eigenvalue weighted by Gasteiger charge is -2.17. The van der Waals surface area contributed by atoms with Crippen LogP contribution in [0.3, 0.4) is 0 Å². The molecule has 0 aliphatic heterocycles. The number of anilines is 1. The standard InChI is InChI=1S/C20H21ClN2O6/c1-23(11-18(24)22-17-7-5-4-6-16(17)21)19(25)12-29-20(26)13-8-14(27-2)10-15(9-13)28-3/h4-10H,11-12H2,1-3H3,(H,22,24). The van der Waals surface area contributed by atoms with Gasteiger partial charge in [0, 0.05) is 13.1 Å². The molecule has 0 spiro atoms. The van der Waals surface area contributed by atoms with Crippen LogP contribution >= 0.6 is 11.6 Å². The first-order valence-corrected chi connectivity index (χ1v) is 8.90. The molecule has 9 heteroatoms. The highest BCUT2D eigenvalue weighted by Gasteiger charge is 2.17. The SMILES string of the molecule is COc1cc(OC)cc(C(=O)OCC(=O)N(C)CC(=O)Nc2ccccc2Cl)c1. The van der Waals surface area contributed by atoms with Crippen LogP contribution in [0.4, 0.5) is 5.69 Å². The Morgan fingerprint density at radius 2 is 1.66 bits per heavy atom. The van der Waals surface area contributed by atoms with Gasteiger partial charge < -0.3 is 24.4 Å². The van der Waals surface area contributed by atoms with Gasteiger partial charge in [0.1, 0.15) is 11.5 Å². The average molecular weight is 421 g/mol. The first-order chi connectivity index (χ1) is 13.8. The van der Waals surface area contributed by atoms with Crippen LogP contribution in [0.15, 0.2) is 42.5 Å². The second-order valence-corrected chi connectivity index (χ2v) is 6.36. The maximum atomic E-state index is 12.2.